The smallest absolute Gasteiger partial charge is 0.304 e. The molecule has 0 bridgehead atoms. The van der Waals surface area contributed by atoms with Crippen molar-refractivity contribution in [3.63, 3.8) is 0 Å². The number of halogens is 1. The zero-order valence-corrected chi connectivity index (χ0v) is 11.9. The molecule has 0 spiro atoms. The molecule has 4 nitrogen and oxygen atoms in total. The van der Waals surface area contributed by atoms with Gasteiger partial charge in [0, 0.05) is 17.1 Å². The minimum absolute atomic E-state index is 0.0983. The molecule has 1 aromatic heterocycles. The second kappa shape index (κ2) is 6.59. The molecular weight excluding hydrogens is 278 g/mol. The summed E-state index contributed by atoms with van der Waals surface area (Å²) in [5.41, 5.74) is 1.95. The van der Waals surface area contributed by atoms with Gasteiger partial charge in [0.2, 0.25) is 0 Å². The number of rotatable bonds is 6. The lowest BCUT2D eigenvalue weighted by molar-refractivity contribution is -0.136. The maximum Gasteiger partial charge on any atom is 0.304 e. The van der Waals surface area contributed by atoms with Gasteiger partial charge in [-0.2, -0.15) is 0 Å². The topological polar surface area (TPSA) is 62.5 Å². The Morgan fingerprint density at radius 1 is 1.35 bits per heavy atom. The van der Waals surface area contributed by atoms with E-state index in [1.54, 1.807) is 0 Å². The Bertz CT molecular complexity index is 607. The first-order valence-electron chi connectivity index (χ1n) is 6.34. The van der Waals surface area contributed by atoms with Gasteiger partial charge in [0.25, 0.3) is 0 Å². The van der Waals surface area contributed by atoms with Gasteiger partial charge < -0.3 is 14.8 Å². The molecule has 0 saturated carbocycles. The molecule has 0 amide bonds. The lowest BCUT2D eigenvalue weighted by Crippen LogP contribution is -2.17. The number of carboxylic acids is 1. The molecule has 106 valence electrons. The van der Waals surface area contributed by atoms with Crippen LogP contribution in [-0.4, -0.2) is 17.6 Å². The van der Waals surface area contributed by atoms with E-state index in [2.05, 4.69) is 5.32 Å². The molecule has 0 aliphatic heterocycles. The zero-order valence-electron chi connectivity index (χ0n) is 11.1. The predicted octanol–water partition coefficient (Wildman–Crippen LogP) is 3.47. The summed E-state index contributed by atoms with van der Waals surface area (Å²) >= 11 is 6.09. The highest BCUT2D eigenvalue weighted by molar-refractivity contribution is 6.31. The summed E-state index contributed by atoms with van der Waals surface area (Å²) in [5, 5.41) is 12.3. The number of furan rings is 1. The summed E-state index contributed by atoms with van der Waals surface area (Å²) in [5.74, 6) is 0.705. The van der Waals surface area contributed by atoms with Gasteiger partial charge in [-0.3, -0.25) is 4.79 Å². The van der Waals surface area contributed by atoms with Crippen LogP contribution in [0.5, 0.6) is 0 Å². The highest BCUT2D eigenvalue weighted by Crippen LogP contribution is 2.26. The molecule has 1 heterocycles. The Morgan fingerprint density at radius 2 is 2.15 bits per heavy atom. The molecule has 0 atom stereocenters. The number of nitrogens with one attached hydrogen (secondary N) is 1. The zero-order chi connectivity index (χ0) is 14.5. The predicted molar refractivity (Wildman–Crippen MR) is 77.9 cm³/mol. The minimum atomic E-state index is -0.813. The molecule has 1 aromatic carbocycles. The average molecular weight is 294 g/mol. The average Bonchev–Trinajstić information content (AvgIpc) is 2.86. The molecule has 0 aliphatic carbocycles. The number of benzene rings is 1. The highest BCUT2D eigenvalue weighted by Gasteiger charge is 2.06. The fourth-order valence-corrected chi connectivity index (χ4v) is 1.96. The molecule has 2 rings (SSSR count). The van der Waals surface area contributed by atoms with Crippen molar-refractivity contribution in [2.75, 3.05) is 6.54 Å². The van der Waals surface area contributed by atoms with E-state index in [0.29, 0.717) is 18.1 Å². The van der Waals surface area contributed by atoms with Crippen LogP contribution in [0.3, 0.4) is 0 Å². The van der Waals surface area contributed by atoms with Gasteiger partial charge >= 0.3 is 5.97 Å². The number of carbonyl (C=O) groups is 1. The fourth-order valence-electron chi connectivity index (χ4n) is 1.78. The lowest BCUT2D eigenvalue weighted by atomic mass is 10.1. The third kappa shape index (κ3) is 3.85. The Kier molecular flexibility index (Phi) is 4.82. The van der Waals surface area contributed by atoms with Gasteiger partial charge in [-0.05, 0) is 30.7 Å². The van der Waals surface area contributed by atoms with Crippen molar-refractivity contribution in [3.05, 3.63) is 46.7 Å². The Morgan fingerprint density at radius 3 is 2.85 bits per heavy atom. The van der Waals surface area contributed by atoms with Crippen molar-refractivity contribution in [3.8, 4) is 11.3 Å². The first-order valence-corrected chi connectivity index (χ1v) is 6.72. The molecule has 20 heavy (non-hydrogen) atoms. The quantitative estimate of drug-likeness (QED) is 0.801. The summed E-state index contributed by atoms with van der Waals surface area (Å²) in [6.45, 7) is 2.88. The highest BCUT2D eigenvalue weighted by atomic mass is 35.5. The number of aliphatic carboxylic acids is 1. The van der Waals surface area contributed by atoms with Gasteiger partial charge in [-0.1, -0.05) is 23.7 Å². The molecule has 0 saturated heterocycles. The number of hydrogen-bond donors (Lipinski definition) is 2. The third-order valence-electron chi connectivity index (χ3n) is 2.93. The molecule has 0 radical (unpaired) electrons. The minimum Gasteiger partial charge on any atom is -0.481 e. The van der Waals surface area contributed by atoms with E-state index >= 15 is 0 Å². The van der Waals surface area contributed by atoms with E-state index in [1.165, 1.54) is 0 Å². The Labute approximate surface area is 122 Å². The van der Waals surface area contributed by atoms with Gasteiger partial charge in [0.1, 0.15) is 11.5 Å². The van der Waals surface area contributed by atoms with E-state index in [9.17, 15) is 4.79 Å². The standard InChI is InChI=1S/C15H16ClNO3/c1-10-2-3-11(8-13(10)16)14-5-4-12(20-14)9-17-7-6-15(18)19/h2-5,8,17H,6-7,9H2,1H3,(H,18,19). The van der Waals surface area contributed by atoms with Crippen molar-refractivity contribution >= 4 is 17.6 Å². The maximum atomic E-state index is 10.4. The largest absolute Gasteiger partial charge is 0.481 e. The Balaban J connectivity index is 1.97. The summed E-state index contributed by atoms with van der Waals surface area (Å²) in [6, 6.07) is 9.54. The Hall–Kier alpha value is -1.78. The second-order valence-corrected chi connectivity index (χ2v) is 4.96. The number of carboxylic acid groups (broad SMARTS) is 1. The van der Waals surface area contributed by atoms with Crippen LogP contribution in [-0.2, 0) is 11.3 Å². The van der Waals surface area contributed by atoms with Crippen LogP contribution < -0.4 is 5.32 Å². The molecule has 5 heteroatoms. The number of hydrogen-bond acceptors (Lipinski definition) is 3. The van der Waals surface area contributed by atoms with Crippen molar-refractivity contribution in [2.24, 2.45) is 0 Å². The van der Waals surface area contributed by atoms with Gasteiger partial charge in [0.15, 0.2) is 0 Å². The third-order valence-corrected chi connectivity index (χ3v) is 3.34. The lowest BCUT2D eigenvalue weighted by Gasteiger charge is -2.02. The van der Waals surface area contributed by atoms with E-state index in [-0.39, 0.29) is 6.42 Å². The van der Waals surface area contributed by atoms with Crippen molar-refractivity contribution < 1.29 is 14.3 Å². The van der Waals surface area contributed by atoms with Crippen LogP contribution in [0, 0.1) is 6.92 Å². The molecule has 2 aromatic rings. The van der Waals surface area contributed by atoms with Crippen molar-refractivity contribution in [2.45, 2.75) is 19.9 Å². The summed E-state index contributed by atoms with van der Waals surface area (Å²) in [4.78, 5) is 10.4. The van der Waals surface area contributed by atoms with Crippen LogP contribution in [0.2, 0.25) is 5.02 Å². The van der Waals surface area contributed by atoms with Crippen LogP contribution in [0.25, 0.3) is 11.3 Å². The number of aryl methyl sites for hydroxylation is 1. The van der Waals surface area contributed by atoms with Crippen LogP contribution in [0.15, 0.2) is 34.7 Å². The van der Waals surface area contributed by atoms with E-state index in [4.69, 9.17) is 21.1 Å². The fraction of sp³-hybridized carbons (Fsp3) is 0.267. The van der Waals surface area contributed by atoms with E-state index < -0.39 is 5.97 Å². The van der Waals surface area contributed by atoms with Crippen LogP contribution in [0.1, 0.15) is 17.7 Å². The van der Waals surface area contributed by atoms with Gasteiger partial charge in [-0.15, -0.1) is 0 Å². The first kappa shape index (κ1) is 14.6. The molecule has 2 N–H and O–H groups in total. The van der Waals surface area contributed by atoms with Gasteiger partial charge in [-0.25, -0.2) is 0 Å². The van der Waals surface area contributed by atoms with Crippen molar-refractivity contribution in [1.29, 1.82) is 0 Å². The monoisotopic (exact) mass is 293 g/mol. The maximum absolute atomic E-state index is 10.4. The SMILES string of the molecule is Cc1ccc(-c2ccc(CNCCC(=O)O)o2)cc1Cl. The summed E-state index contributed by atoms with van der Waals surface area (Å²) in [6.07, 6.45) is 0.0983. The molecule has 0 unspecified atom stereocenters. The van der Waals surface area contributed by atoms with Crippen LogP contribution >= 0.6 is 11.6 Å². The van der Waals surface area contributed by atoms with Gasteiger partial charge in [0.05, 0.1) is 13.0 Å². The van der Waals surface area contributed by atoms with Crippen LogP contribution in [0.4, 0.5) is 0 Å². The molecule has 0 aliphatic rings. The first-order chi connectivity index (χ1) is 9.56. The molecule has 0 fully saturated rings. The second-order valence-electron chi connectivity index (χ2n) is 4.55. The summed E-state index contributed by atoms with van der Waals surface area (Å²) in [7, 11) is 0. The van der Waals surface area contributed by atoms with E-state index in [1.807, 2.05) is 37.3 Å². The summed E-state index contributed by atoms with van der Waals surface area (Å²) < 4.78 is 5.70. The molecular formula is C15H16ClNO3. The van der Waals surface area contributed by atoms with Crippen molar-refractivity contribution in [1.82, 2.24) is 5.32 Å². The normalized spacial score (nSPS) is 10.7. The van der Waals surface area contributed by atoms with E-state index in [0.717, 1.165) is 22.6 Å².